The van der Waals surface area contributed by atoms with Crippen LogP contribution in [0.15, 0.2) is 58.0 Å². The zero-order valence-electron chi connectivity index (χ0n) is 14.3. The highest BCUT2D eigenvalue weighted by Crippen LogP contribution is 2.24. The normalized spacial score (nSPS) is 11.0. The zero-order chi connectivity index (χ0) is 19.8. The van der Waals surface area contributed by atoms with Gasteiger partial charge in [0.15, 0.2) is 0 Å². The molecule has 0 bridgehead atoms. The first-order valence-electron chi connectivity index (χ1n) is 8.20. The van der Waals surface area contributed by atoms with Gasteiger partial charge in [0, 0.05) is 11.1 Å². The van der Waals surface area contributed by atoms with E-state index in [9.17, 15) is 18.8 Å². The summed E-state index contributed by atoms with van der Waals surface area (Å²) < 4.78 is 20.2. The molecular formula is C19H13FN4O4. The lowest BCUT2D eigenvalue weighted by Crippen LogP contribution is -2.27. The highest BCUT2D eigenvalue weighted by atomic mass is 19.1. The molecule has 0 spiro atoms. The van der Waals surface area contributed by atoms with E-state index in [1.54, 1.807) is 24.3 Å². The Kier molecular flexibility index (Phi) is 4.11. The van der Waals surface area contributed by atoms with Crippen LogP contribution < -0.4 is 16.6 Å². The number of halogens is 1. The number of nitrogens with two attached hydrogens (primary N) is 1. The summed E-state index contributed by atoms with van der Waals surface area (Å²) in [6, 6.07) is 10.5. The fourth-order valence-corrected chi connectivity index (χ4v) is 2.88. The van der Waals surface area contributed by atoms with Crippen LogP contribution >= 0.6 is 0 Å². The highest BCUT2D eigenvalue weighted by molar-refractivity contribution is 6.02. The SMILES string of the molecule is NC(=O)c1cc(NC(=O)Cn2cnc3c(oc4ccccc43)c2=O)ccc1F. The molecule has 2 amide bonds. The lowest BCUT2D eigenvalue weighted by molar-refractivity contribution is -0.116. The van der Waals surface area contributed by atoms with Gasteiger partial charge in [-0.05, 0) is 30.3 Å². The van der Waals surface area contributed by atoms with E-state index in [1.165, 1.54) is 12.4 Å². The fraction of sp³-hybridized carbons (Fsp3) is 0.0526. The molecule has 4 rings (SSSR count). The lowest BCUT2D eigenvalue weighted by atomic mass is 10.2. The number of hydrogen-bond acceptors (Lipinski definition) is 5. The van der Waals surface area contributed by atoms with E-state index in [2.05, 4.69) is 10.3 Å². The van der Waals surface area contributed by atoms with E-state index < -0.39 is 23.2 Å². The van der Waals surface area contributed by atoms with E-state index in [1.807, 2.05) is 0 Å². The van der Waals surface area contributed by atoms with E-state index in [-0.39, 0.29) is 23.4 Å². The lowest BCUT2D eigenvalue weighted by Gasteiger charge is -2.08. The number of amides is 2. The minimum atomic E-state index is -0.954. The molecule has 9 heteroatoms. The quantitative estimate of drug-likeness (QED) is 0.561. The smallest absolute Gasteiger partial charge is 0.297 e. The number of anilines is 1. The van der Waals surface area contributed by atoms with Gasteiger partial charge in [0.25, 0.3) is 11.5 Å². The Morgan fingerprint density at radius 3 is 2.79 bits per heavy atom. The average molecular weight is 380 g/mol. The molecule has 0 unspecified atom stereocenters. The van der Waals surface area contributed by atoms with Gasteiger partial charge < -0.3 is 15.5 Å². The second kappa shape index (κ2) is 6.62. The molecule has 8 nitrogen and oxygen atoms in total. The molecule has 0 aliphatic carbocycles. The number of aromatic nitrogens is 2. The van der Waals surface area contributed by atoms with Crippen molar-refractivity contribution in [1.82, 2.24) is 9.55 Å². The number of carbonyl (C=O) groups excluding carboxylic acids is 2. The van der Waals surface area contributed by atoms with E-state index in [0.717, 1.165) is 16.7 Å². The monoisotopic (exact) mass is 380 g/mol. The van der Waals surface area contributed by atoms with Crippen LogP contribution in [-0.4, -0.2) is 21.4 Å². The summed E-state index contributed by atoms with van der Waals surface area (Å²) in [4.78, 5) is 40.3. The molecule has 0 aliphatic heterocycles. The van der Waals surface area contributed by atoms with Crippen molar-refractivity contribution in [3.63, 3.8) is 0 Å². The Bertz CT molecular complexity index is 1310. The van der Waals surface area contributed by atoms with Crippen LogP contribution in [0.1, 0.15) is 10.4 Å². The van der Waals surface area contributed by atoms with Crippen LogP contribution in [0.4, 0.5) is 10.1 Å². The van der Waals surface area contributed by atoms with Gasteiger partial charge in [-0.2, -0.15) is 0 Å². The van der Waals surface area contributed by atoms with Crippen LogP contribution in [0, 0.1) is 5.82 Å². The summed E-state index contributed by atoms with van der Waals surface area (Å²) in [5, 5.41) is 3.19. The number of nitrogens with one attached hydrogen (secondary N) is 1. The molecule has 0 atom stereocenters. The molecule has 2 aromatic heterocycles. The van der Waals surface area contributed by atoms with Crippen LogP contribution in [-0.2, 0) is 11.3 Å². The first-order chi connectivity index (χ1) is 13.4. The standard InChI is InChI=1S/C19H13FN4O4/c20-13-6-5-10(7-12(13)18(21)26)23-15(25)8-24-9-22-16-11-3-1-2-4-14(11)28-17(16)19(24)27/h1-7,9H,8H2,(H2,21,26)(H,23,25). The fourth-order valence-electron chi connectivity index (χ4n) is 2.88. The third-order valence-electron chi connectivity index (χ3n) is 4.18. The number of rotatable bonds is 4. The van der Waals surface area contributed by atoms with Crippen LogP contribution in [0.2, 0.25) is 0 Å². The Labute approximate surface area is 156 Å². The van der Waals surface area contributed by atoms with Gasteiger partial charge in [0.2, 0.25) is 11.5 Å². The maximum atomic E-state index is 13.5. The maximum absolute atomic E-state index is 13.5. The van der Waals surface area contributed by atoms with Crippen molar-refractivity contribution in [2.45, 2.75) is 6.54 Å². The van der Waals surface area contributed by atoms with Crippen molar-refractivity contribution in [1.29, 1.82) is 0 Å². The van der Waals surface area contributed by atoms with Gasteiger partial charge in [0.1, 0.15) is 23.5 Å². The Morgan fingerprint density at radius 2 is 2.00 bits per heavy atom. The Morgan fingerprint density at radius 1 is 1.21 bits per heavy atom. The van der Waals surface area contributed by atoms with Gasteiger partial charge in [0.05, 0.1) is 11.9 Å². The molecule has 0 saturated heterocycles. The topological polar surface area (TPSA) is 120 Å². The van der Waals surface area contributed by atoms with Crippen molar-refractivity contribution in [2.24, 2.45) is 5.73 Å². The molecule has 140 valence electrons. The minimum Gasteiger partial charge on any atom is -0.448 e. The largest absolute Gasteiger partial charge is 0.448 e. The van der Waals surface area contributed by atoms with Crippen molar-refractivity contribution in [3.05, 3.63) is 70.5 Å². The molecule has 4 aromatic rings. The maximum Gasteiger partial charge on any atom is 0.297 e. The van der Waals surface area contributed by atoms with E-state index >= 15 is 0 Å². The summed E-state index contributed by atoms with van der Waals surface area (Å²) in [6.07, 6.45) is 1.26. The highest BCUT2D eigenvalue weighted by Gasteiger charge is 2.15. The summed E-state index contributed by atoms with van der Waals surface area (Å²) >= 11 is 0. The first kappa shape index (κ1) is 17.4. The van der Waals surface area contributed by atoms with Crippen LogP contribution in [0.5, 0.6) is 0 Å². The van der Waals surface area contributed by atoms with Crippen LogP contribution in [0.3, 0.4) is 0 Å². The average Bonchev–Trinajstić information content (AvgIpc) is 3.05. The van der Waals surface area contributed by atoms with Crippen molar-refractivity contribution in [3.8, 4) is 0 Å². The van der Waals surface area contributed by atoms with Crippen molar-refractivity contribution in [2.75, 3.05) is 5.32 Å². The predicted octanol–water partition coefficient (Wildman–Crippen LogP) is 2.02. The Balaban J connectivity index is 1.61. The van der Waals surface area contributed by atoms with Gasteiger partial charge in [-0.25, -0.2) is 9.37 Å². The number of carbonyl (C=O) groups is 2. The number of furan rings is 1. The number of hydrogen-bond donors (Lipinski definition) is 2. The van der Waals surface area contributed by atoms with E-state index in [0.29, 0.717) is 16.5 Å². The number of para-hydroxylation sites is 1. The first-order valence-corrected chi connectivity index (χ1v) is 8.20. The minimum absolute atomic E-state index is 0.0503. The zero-order valence-corrected chi connectivity index (χ0v) is 14.3. The molecular weight excluding hydrogens is 367 g/mol. The molecule has 0 saturated carbocycles. The molecule has 0 fully saturated rings. The molecule has 0 aliphatic rings. The second-order valence-electron chi connectivity index (χ2n) is 6.06. The summed E-state index contributed by atoms with van der Waals surface area (Å²) in [7, 11) is 0. The summed E-state index contributed by atoms with van der Waals surface area (Å²) in [5.41, 5.74) is 5.40. The number of benzene rings is 2. The Hall–Kier alpha value is -4.01. The molecule has 0 radical (unpaired) electrons. The van der Waals surface area contributed by atoms with Gasteiger partial charge in [-0.1, -0.05) is 12.1 Å². The number of primary amides is 1. The number of fused-ring (bicyclic) bond motifs is 3. The van der Waals surface area contributed by atoms with Gasteiger partial charge in [-0.15, -0.1) is 0 Å². The van der Waals surface area contributed by atoms with Gasteiger partial charge in [-0.3, -0.25) is 19.0 Å². The van der Waals surface area contributed by atoms with Crippen molar-refractivity contribution < 1.29 is 18.4 Å². The molecule has 2 heterocycles. The predicted molar refractivity (Wildman–Crippen MR) is 99.3 cm³/mol. The van der Waals surface area contributed by atoms with E-state index in [4.69, 9.17) is 10.2 Å². The van der Waals surface area contributed by atoms with Crippen molar-refractivity contribution >= 4 is 39.6 Å². The van der Waals surface area contributed by atoms with Crippen LogP contribution in [0.25, 0.3) is 22.1 Å². The molecule has 3 N–H and O–H groups in total. The third kappa shape index (κ3) is 2.98. The third-order valence-corrected chi connectivity index (χ3v) is 4.18. The van der Waals surface area contributed by atoms with Gasteiger partial charge >= 0.3 is 0 Å². The summed E-state index contributed by atoms with van der Waals surface area (Å²) in [5.74, 6) is -2.31. The number of nitrogens with zero attached hydrogens (tertiary/aromatic N) is 2. The second-order valence-corrected chi connectivity index (χ2v) is 6.06. The summed E-state index contributed by atoms with van der Waals surface area (Å²) in [6.45, 7) is -0.345. The molecule has 2 aromatic carbocycles. The molecule has 28 heavy (non-hydrogen) atoms.